The van der Waals surface area contributed by atoms with E-state index in [1.165, 1.54) is 6.92 Å². The number of carbonyl (C=O) groups is 2. The Kier molecular flexibility index (Phi) is 4.68. The largest absolute Gasteiger partial charge is 0.465 e. The zero-order valence-corrected chi connectivity index (χ0v) is 10.8. The zero-order chi connectivity index (χ0) is 12.1. The van der Waals surface area contributed by atoms with Crippen LogP contribution in [0, 0.1) is 0 Å². The minimum atomic E-state index is -0.812. The number of rotatable bonds is 4. The number of halogens is 1. The number of hydrogen-bond acceptors (Lipinski definition) is 3. The molecule has 1 aromatic carbocycles. The molecule has 0 bridgehead atoms. The molecule has 86 valence electrons. The molecule has 0 saturated carbocycles. The van der Waals surface area contributed by atoms with E-state index in [9.17, 15) is 9.59 Å². The number of carbonyl (C=O) groups excluding carboxylic acids is 2. The lowest BCUT2D eigenvalue weighted by Gasteiger charge is -2.12. The predicted molar refractivity (Wildman–Crippen MR) is 64.2 cm³/mol. The van der Waals surface area contributed by atoms with Crippen LogP contribution in [0.4, 0.5) is 0 Å². The van der Waals surface area contributed by atoms with Crippen molar-refractivity contribution >= 4 is 27.7 Å². The number of ketones is 1. The number of Topliss-reactive ketones (excluding diaryl/α,β-unsaturated/α-hetero) is 1. The van der Waals surface area contributed by atoms with Gasteiger partial charge in [-0.15, -0.1) is 0 Å². The molecule has 0 spiro atoms. The Morgan fingerprint density at radius 1 is 1.31 bits per heavy atom. The highest BCUT2D eigenvalue weighted by Crippen LogP contribution is 2.21. The van der Waals surface area contributed by atoms with Crippen molar-refractivity contribution in [2.45, 2.75) is 19.8 Å². The molecule has 1 aromatic rings. The average molecular weight is 285 g/mol. The van der Waals surface area contributed by atoms with Crippen molar-refractivity contribution in [1.29, 1.82) is 0 Å². The van der Waals surface area contributed by atoms with Gasteiger partial charge in [-0.25, -0.2) is 0 Å². The molecular weight excluding hydrogens is 272 g/mol. The van der Waals surface area contributed by atoms with E-state index in [0.717, 1.165) is 4.47 Å². The first kappa shape index (κ1) is 12.9. The Hall–Kier alpha value is -1.16. The second-order valence-electron chi connectivity index (χ2n) is 3.35. The fourth-order valence-corrected chi connectivity index (χ4v) is 1.68. The fraction of sp³-hybridized carbons (Fsp3) is 0.333. The SMILES string of the molecule is CCOC(=O)C(C(C)=O)c1ccc(Br)cc1. The van der Waals surface area contributed by atoms with Crippen LogP contribution in [0.2, 0.25) is 0 Å². The van der Waals surface area contributed by atoms with E-state index in [1.54, 1.807) is 31.2 Å². The van der Waals surface area contributed by atoms with Gasteiger partial charge in [-0.2, -0.15) is 0 Å². The van der Waals surface area contributed by atoms with Gasteiger partial charge in [0.15, 0.2) is 0 Å². The second-order valence-corrected chi connectivity index (χ2v) is 4.26. The third-order valence-electron chi connectivity index (χ3n) is 2.13. The Labute approximate surface area is 103 Å². The number of esters is 1. The van der Waals surface area contributed by atoms with Crippen LogP contribution in [0.1, 0.15) is 25.3 Å². The van der Waals surface area contributed by atoms with E-state index >= 15 is 0 Å². The molecule has 1 rings (SSSR count). The molecule has 1 unspecified atom stereocenters. The first-order valence-corrected chi connectivity index (χ1v) is 5.78. The first-order chi connectivity index (χ1) is 7.56. The van der Waals surface area contributed by atoms with Gasteiger partial charge in [-0.1, -0.05) is 28.1 Å². The van der Waals surface area contributed by atoms with E-state index < -0.39 is 11.9 Å². The summed E-state index contributed by atoms with van der Waals surface area (Å²) in [5, 5.41) is 0. The highest BCUT2D eigenvalue weighted by molar-refractivity contribution is 9.10. The van der Waals surface area contributed by atoms with Crippen LogP contribution in [0.5, 0.6) is 0 Å². The standard InChI is InChI=1S/C12H13BrO3/c1-3-16-12(15)11(8(2)14)9-4-6-10(13)7-5-9/h4-7,11H,3H2,1-2H3. The summed E-state index contributed by atoms with van der Waals surface area (Å²) >= 11 is 3.30. The second kappa shape index (κ2) is 5.80. The van der Waals surface area contributed by atoms with E-state index in [-0.39, 0.29) is 12.4 Å². The maximum atomic E-state index is 11.6. The van der Waals surface area contributed by atoms with Crippen LogP contribution >= 0.6 is 15.9 Å². The van der Waals surface area contributed by atoms with Crippen molar-refractivity contribution in [3.8, 4) is 0 Å². The summed E-state index contributed by atoms with van der Waals surface area (Å²) in [6.45, 7) is 3.39. The van der Waals surface area contributed by atoms with Gasteiger partial charge in [-0.05, 0) is 31.5 Å². The molecule has 0 amide bonds. The highest BCUT2D eigenvalue weighted by Gasteiger charge is 2.26. The van der Waals surface area contributed by atoms with Gasteiger partial charge in [0.2, 0.25) is 0 Å². The molecule has 0 fully saturated rings. The van der Waals surface area contributed by atoms with E-state index in [4.69, 9.17) is 4.74 Å². The summed E-state index contributed by atoms with van der Waals surface area (Å²) < 4.78 is 5.78. The van der Waals surface area contributed by atoms with Crippen molar-refractivity contribution in [1.82, 2.24) is 0 Å². The maximum Gasteiger partial charge on any atom is 0.320 e. The van der Waals surface area contributed by atoms with Crippen molar-refractivity contribution in [3.05, 3.63) is 34.3 Å². The van der Waals surface area contributed by atoms with Crippen molar-refractivity contribution in [3.63, 3.8) is 0 Å². The summed E-state index contributed by atoms with van der Waals surface area (Å²) in [5.74, 6) is -1.51. The van der Waals surface area contributed by atoms with Crippen LogP contribution in [-0.2, 0) is 14.3 Å². The monoisotopic (exact) mass is 284 g/mol. The van der Waals surface area contributed by atoms with E-state index in [2.05, 4.69) is 15.9 Å². The van der Waals surface area contributed by atoms with Crippen LogP contribution in [0.3, 0.4) is 0 Å². The molecule has 0 saturated heterocycles. The van der Waals surface area contributed by atoms with E-state index in [0.29, 0.717) is 5.56 Å². The Balaban J connectivity index is 2.98. The van der Waals surface area contributed by atoms with Crippen molar-refractivity contribution < 1.29 is 14.3 Å². The first-order valence-electron chi connectivity index (χ1n) is 4.98. The summed E-state index contributed by atoms with van der Waals surface area (Å²) in [7, 11) is 0. The molecule has 4 heteroatoms. The van der Waals surface area contributed by atoms with Gasteiger partial charge in [0.05, 0.1) is 6.61 Å². The predicted octanol–water partition coefficient (Wildman–Crippen LogP) is 2.68. The Morgan fingerprint density at radius 2 is 1.88 bits per heavy atom. The molecule has 1 atom stereocenters. The maximum absolute atomic E-state index is 11.6. The topological polar surface area (TPSA) is 43.4 Å². The lowest BCUT2D eigenvalue weighted by atomic mass is 9.96. The van der Waals surface area contributed by atoms with Gasteiger partial charge < -0.3 is 4.74 Å². The smallest absolute Gasteiger partial charge is 0.320 e. The van der Waals surface area contributed by atoms with Crippen LogP contribution in [0.25, 0.3) is 0 Å². The van der Waals surface area contributed by atoms with Crippen LogP contribution in [-0.4, -0.2) is 18.4 Å². The normalized spacial score (nSPS) is 11.9. The van der Waals surface area contributed by atoms with Gasteiger partial charge in [-0.3, -0.25) is 9.59 Å². The molecule has 0 aromatic heterocycles. The number of ether oxygens (including phenoxy) is 1. The van der Waals surface area contributed by atoms with Gasteiger partial charge in [0, 0.05) is 4.47 Å². The van der Waals surface area contributed by atoms with Crippen LogP contribution in [0.15, 0.2) is 28.7 Å². The van der Waals surface area contributed by atoms with Gasteiger partial charge in [0.25, 0.3) is 0 Å². The van der Waals surface area contributed by atoms with Gasteiger partial charge in [0.1, 0.15) is 11.7 Å². The Bertz CT molecular complexity index is 384. The van der Waals surface area contributed by atoms with Crippen LogP contribution < -0.4 is 0 Å². The minimum absolute atomic E-state index is 0.208. The zero-order valence-electron chi connectivity index (χ0n) is 9.20. The molecular formula is C12H13BrO3. The number of hydrogen-bond donors (Lipinski definition) is 0. The highest BCUT2D eigenvalue weighted by atomic mass is 79.9. The Morgan fingerprint density at radius 3 is 2.31 bits per heavy atom. The van der Waals surface area contributed by atoms with Gasteiger partial charge >= 0.3 is 5.97 Å². The summed E-state index contributed by atoms with van der Waals surface area (Å²) in [6.07, 6.45) is 0. The molecule has 0 radical (unpaired) electrons. The number of benzene rings is 1. The van der Waals surface area contributed by atoms with E-state index in [1.807, 2.05) is 0 Å². The third kappa shape index (κ3) is 3.17. The lowest BCUT2D eigenvalue weighted by Crippen LogP contribution is -2.22. The van der Waals surface area contributed by atoms with Crippen molar-refractivity contribution in [2.75, 3.05) is 6.61 Å². The molecule has 3 nitrogen and oxygen atoms in total. The minimum Gasteiger partial charge on any atom is -0.465 e. The summed E-state index contributed by atoms with van der Waals surface area (Å²) in [6, 6.07) is 7.08. The fourth-order valence-electron chi connectivity index (χ4n) is 1.42. The van der Waals surface area contributed by atoms with Crippen molar-refractivity contribution in [2.24, 2.45) is 0 Å². The quantitative estimate of drug-likeness (QED) is 0.631. The summed E-state index contributed by atoms with van der Waals surface area (Å²) in [4.78, 5) is 23.0. The molecule has 0 heterocycles. The molecule has 0 aliphatic rings. The lowest BCUT2D eigenvalue weighted by molar-refractivity contribution is -0.147. The molecule has 0 N–H and O–H groups in total. The average Bonchev–Trinajstić information content (AvgIpc) is 2.21. The summed E-state index contributed by atoms with van der Waals surface area (Å²) in [5.41, 5.74) is 0.661. The molecule has 0 aliphatic heterocycles. The molecule has 16 heavy (non-hydrogen) atoms. The molecule has 0 aliphatic carbocycles. The third-order valence-corrected chi connectivity index (χ3v) is 2.66.